The number of hydrogen-bond donors (Lipinski definition) is 1. The molecule has 1 atom stereocenters. The largest absolute Gasteiger partial charge is 0.508 e. The zero-order chi connectivity index (χ0) is 13.0. The van der Waals surface area contributed by atoms with Crippen LogP contribution < -0.4 is 0 Å². The molecule has 3 heteroatoms. The molecule has 0 radical (unpaired) electrons. The van der Waals surface area contributed by atoms with Gasteiger partial charge in [-0.25, -0.2) is 0 Å². The number of aromatic hydroxyl groups is 1. The molecule has 0 aliphatic rings. The van der Waals surface area contributed by atoms with Crippen LogP contribution in [0.4, 0.5) is 0 Å². The Hall–Kier alpha value is -1.87. The van der Waals surface area contributed by atoms with Crippen LogP contribution in [-0.4, -0.2) is 22.0 Å². The van der Waals surface area contributed by atoms with Gasteiger partial charge in [-0.15, -0.1) is 0 Å². The van der Waals surface area contributed by atoms with Gasteiger partial charge in [0.1, 0.15) is 5.75 Å². The van der Waals surface area contributed by atoms with E-state index in [1.54, 1.807) is 12.1 Å². The monoisotopic (exact) mass is 242 g/mol. The van der Waals surface area contributed by atoms with Crippen molar-refractivity contribution in [1.29, 1.82) is 0 Å². The van der Waals surface area contributed by atoms with Crippen molar-refractivity contribution in [2.75, 3.05) is 7.05 Å². The molecular weight excluding hydrogens is 224 g/mol. The van der Waals surface area contributed by atoms with Crippen LogP contribution >= 0.6 is 0 Å². The summed E-state index contributed by atoms with van der Waals surface area (Å²) in [7, 11) is 2.08. The molecule has 0 aliphatic heterocycles. The zero-order valence-corrected chi connectivity index (χ0v) is 10.7. The number of benzene rings is 1. The smallest absolute Gasteiger partial charge is 0.115 e. The summed E-state index contributed by atoms with van der Waals surface area (Å²) in [5, 5.41) is 9.25. The summed E-state index contributed by atoms with van der Waals surface area (Å²) in [4.78, 5) is 6.60. The van der Waals surface area contributed by atoms with Crippen LogP contribution in [-0.2, 0) is 6.54 Å². The molecule has 0 bridgehead atoms. The Morgan fingerprint density at radius 2 is 1.89 bits per heavy atom. The molecule has 1 aromatic carbocycles. The zero-order valence-electron chi connectivity index (χ0n) is 10.7. The summed E-state index contributed by atoms with van der Waals surface area (Å²) >= 11 is 0. The van der Waals surface area contributed by atoms with Crippen LogP contribution in [0.25, 0.3) is 0 Å². The van der Waals surface area contributed by atoms with Crippen molar-refractivity contribution in [3.05, 3.63) is 59.9 Å². The third-order valence-electron chi connectivity index (χ3n) is 3.15. The molecule has 1 aromatic heterocycles. The second-order valence-electron chi connectivity index (χ2n) is 4.51. The Morgan fingerprint density at radius 1 is 1.17 bits per heavy atom. The van der Waals surface area contributed by atoms with Gasteiger partial charge in [-0.2, -0.15) is 0 Å². The normalized spacial score (nSPS) is 12.6. The molecule has 0 aliphatic carbocycles. The quantitative estimate of drug-likeness (QED) is 0.895. The summed E-state index contributed by atoms with van der Waals surface area (Å²) in [5.74, 6) is 0.305. The van der Waals surface area contributed by atoms with E-state index in [2.05, 4.69) is 23.9 Å². The van der Waals surface area contributed by atoms with Crippen molar-refractivity contribution in [1.82, 2.24) is 9.88 Å². The van der Waals surface area contributed by atoms with E-state index in [1.165, 1.54) is 5.56 Å². The molecule has 0 saturated carbocycles. The van der Waals surface area contributed by atoms with E-state index in [-0.39, 0.29) is 6.04 Å². The van der Waals surface area contributed by atoms with Crippen molar-refractivity contribution in [2.24, 2.45) is 0 Å². The highest BCUT2D eigenvalue weighted by Crippen LogP contribution is 2.19. The topological polar surface area (TPSA) is 36.4 Å². The maximum absolute atomic E-state index is 9.25. The van der Waals surface area contributed by atoms with Gasteiger partial charge in [0.05, 0.1) is 5.69 Å². The summed E-state index contributed by atoms with van der Waals surface area (Å²) in [5.41, 5.74) is 2.25. The summed E-state index contributed by atoms with van der Waals surface area (Å²) in [6.07, 6.45) is 1.82. The summed E-state index contributed by atoms with van der Waals surface area (Å²) in [6.45, 7) is 2.97. The van der Waals surface area contributed by atoms with Gasteiger partial charge in [0.2, 0.25) is 0 Å². The Bertz CT molecular complexity index is 482. The highest BCUT2D eigenvalue weighted by molar-refractivity contribution is 5.25. The van der Waals surface area contributed by atoms with E-state index in [9.17, 15) is 5.11 Å². The lowest BCUT2D eigenvalue weighted by atomic mass is 10.1. The second kappa shape index (κ2) is 5.65. The first-order valence-corrected chi connectivity index (χ1v) is 6.06. The average molecular weight is 242 g/mol. The van der Waals surface area contributed by atoms with Gasteiger partial charge in [0.25, 0.3) is 0 Å². The van der Waals surface area contributed by atoms with Gasteiger partial charge in [-0.1, -0.05) is 18.2 Å². The Morgan fingerprint density at radius 3 is 2.50 bits per heavy atom. The van der Waals surface area contributed by atoms with Crippen LogP contribution in [0.2, 0.25) is 0 Å². The van der Waals surface area contributed by atoms with Crippen LogP contribution in [0.1, 0.15) is 24.2 Å². The van der Waals surface area contributed by atoms with Gasteiger partial charge in [-0.3, -0.25) is 9.88 Å². The fourth-order valence-electron chi connectivity index (χ4n) is 1.88. The van der Waals surface area contributed by atoms with Crippen molar-refractivity contribution >= 4 is 0 Å². The number of hydrogen-bond acceptors (Lipinski definition) is 3. The van der Waals surface area contributed by atoms with E-state index in [4.69, 9.17) is 0 Å². The predicted octanol–water partition coefficient (Wildman–Crippen LogP) is 2.98. The maximum Gasteiger partial charge on any atom is 0.115 e. The number of rotatable bonds is 4. The molecule has 3 nitrogen and oxygen atoms in total. The van der Waals surface area contributed by atoms with Crippen molar-refractivity contribution in [3.8, 4) is 5.75 Å². The van der Waals surface area contributed by atoms with Crippen molar-refractivity contribution < 1.29 is 5.11 Å². The minimum Gasteiger partial charge on any atom is -0.508 e. The number of phenols is 1. The number of aromatic nitrogens is 1. The Labute approximate surface area is 108 Å². The third kappa shape index (κ3) is 3.08. The minimum atomic E-state index is 0.264. The molecule has 2 rings (SSSR count). The molecule has 0 amide bonds. The SMILES string of the molecule is CC(c1ccccn1)N(C)Cc1ccc(O)cc1. The van der Waals surface area contributed by atoms with Gasteiger partial charge in [0.15, 0.2) is 0 Å². The molecule has 0 fully saturated rings. The van der Waals surface area contributed by atoms with Crippen molar-refractivity contribution in [2.45, 2.75) is 19.5 Å². The standard InChI is InChI=1S/C15H18N2O/c1-12(15-5-3-4-10-16-15)17(2)11-13-6-8-14(18)9-7-13/h3-10,12,18H,11H2,1-2H3. The summed E-state index contributed by atoms with van der Waals surface area (Å²) < 4.78 is 0. The lowest BCUT2D eigenvalue weighted by molar-refractivity contribution is 0.248. The fraction of sp³-hybridized carbons (Fsp3) is 0.267. The lowest BCUT2D eigenvalue weighted by Crippen LogP contribution is -2.22. The molecule has 1 N–H and O–H groups in total. The lowest BCUT2D eigenvalue weighted by Gasteiger charge is -2.24. The molecule has 0 spiro atoms. The van der Waals surface area contributed by atoms with Crippen LogP contribution in [0, 0.1) is 0 Å². The third-order valence-corrected chi connectivity index (χ3v) is 3.15. The van der Waals surface area contributed by atoms with Gasteiger partial charge in [-0.05, 0) is 43.8 Å². The van der Waals surface area contributed by atoms with Crippen LogP contribution in [0.3, 0.4) is 0 Å². The highest BCUT2D eigenvalue weighted by atomic mass is 16.3. The number of pyridine rings is 1. The molecule has 94 valence electrons. The van der Waals surface area contributed by atoms with E-state index >= 15 is 0 Å². The first-order chi connectivity index (χ1) is 8.66. The van der Waals surface area contributed by atoms with Gasteiger partial charge < -0.3 is 5.11 Å². The fourth-order valence-corrected chi connectivity index (χ4v) is 1.88. The molecule has 2 aromatic rings. The molecule has 1 unspecified atom stereocenters. The molecular formula is C15H18N2O. The number of nitrogens with zero attached hydrogens (tertiary/aromatic N) is 2. The van der Waals surface area contributed by atoms with E-state index in [0.29, 0.717) is 5.75 Å². The van der Waals surface area contributed by atoms with E-state index in [1.807, 2.05) is 36.5 Å². The molecule has 1 heterocycles. The summed E-state index contributed by atoms with van der Waals surface area (Å²) in [6, 6.07) is 13.6. The second-order valence-corrected chi connectivity index (χ2v) is 4.51. The first-order valence-electron chi connectivity index (χ1n) is 6.06. The highest BCUT2D eigenvalue weighted by Gasteiger charge is 2.12. The van der Waals surface area contributed by atoms with Gasteiger partial charge >= 0.3 is 0 Å². The predicted molar refractivity (Wildman–Crippen MR) is 72.2 cm³/mol. The van der Waals surface area contributed by atoms with Crippen LogP contribution in [0.15, 0.2) is 48.7 Å². The van der Waals surface area contributed by atoms with E-state index in [0.717, 1.165) is 12.2 Å². The number of phenolic OH excluding ortho intramolecular Hbond substituents is 1. The molecule has 0 saturated heterocycles. The van der Waals surface area contributed by atoms with Crippen molar-refractivity contribution in [3.63, 3.8) is 0 Å². The van der Waals surface area contributed by atoms with Crippen LogP contribution in [0.5, 0.6) is 5.75 Å². The first kappa shape index (κ1) is 12.6. The maximum atomic E-state index is 9.25. The Balaban J connectivity index is 2.03. The average Bonchev–Trinajstić information content (AvgIpc) is 2.41. The Kier molecular flexibility index (Phi) is 3.95. The molecule has 18 heavy (non-hydrogen) atoms. The minimum absolute atomic E-state index is 0.264. The van der Waals surface area contributed by atoms with Gasteiger partial charge in [0, 0.05) is 18.8 Å². The van der Waals surface area contributed by atoms with E-state index < -0.39 is 0 Å².